The Bertz CT molecular complexity index is 1470. The van der Waals surface area contributed by atoms with Gasteiger partial charge in [0, 0.05) is 45.1 Å². The molecule has 1 aliphatic heterocycles. The Labute approximate surface area is 214 Å². The maximum absolute atomic E-state index is 14.1. The molecule has 3 heterocycles. The maximum atomic E-state index is 14.1. The first-order valence-electron chi connectivity index (χ1n) is 12.0. The number of Topliss-reactive ketones (excluding diaryl/α,β-unsaturated/α-hetero) is 1. The first-order valence-corrected chi connectivity index (χ1v) is 12.8. The van der Waals surface area contributed by atoms with E-state index in [1.165, 1.54) is 16.9 Å². The lowest BCUT2D eigenvalue weighted by Gasteiger charge is -2.53. The molecule has 194 valence electrons. The van der Waals surface area contributed by atoms with E-state index in [-0.39, 0.29) is 40.5 Å². The molecule has 0 bridgehead atoms. The summed E-state index contributed by atoms with van der Waals surface area (Å²) in [6.07, 6.45) is 4.08. The number of nitrogens with zero attached hydrogens (tertiary/aromatic N) is 5. The summed E-state index contributed by atoms with van der Waals surface area (Å²) in [5.74, 6) is -2.60. The van der Waals surface area contributed by atoms with Gasteiger partial charge in [-0.3, -0.25) is 24.1 Å². The third kappa shape index (κ3) is 4.08. The number of fused-ring (bicyclic) bond motifs is 1. The standard InChI is InChI=1S/C25H25F2N5O4S/c1-3-31-24(36)20-22(35)21(34)17(13-32(20)30(2)25(31)9-5-4-6-16(33)12-25)23-29-28-19(37-23)10-14-7-8-15(26)11-18(14)27/h7-8,11,13,35H,3-6,9-10,12H2,1-2H3. The van der Waals surface area contributed by atoms with Gasteiger partial charge in [0.05, 0.1) is 5.56 Å². The predicted octanol–water partition coefficient (Wildman–Crippen LogP) is 3.21. The van der Waals surface area contributed by atoms with Crippen molar-refractivity contribution in [2.45, 2.75) is 51.1 Å². The molecule has 0 saturated heterocycles. The zero-order chi connectivity index (χ0) is 26.5. The molecule has 0 radical (unpaired) electrons. The van der Waals surface area contributed by atoms with Crippen molar-refractivity contribution in [3.8, 4) is 16.3 Å². The molecule has 5 rings (SSSR count). The Kier molecular flexibility index (Phi) is 6.30. The Hall–Kier alpha value is -3.67. The van der Waals surface area contributed by atoms with Crippen molar-refractivity contribution in [2.75, 3.05) is 18.6 Å². The van der Waals surface area contributed by atoms with Gasteiger partial charge in [-0.1, -0.05) is 17.4 Å². The van der Waals surface area contributed by atoms with Crippen molar-refractivity contribution in [3.63, 3.8) is 0 Å². The number of hydrogen-bond donors (Lipinski definition) is 1. The van der Waals surface area contributed by atoms with Gasteiger partial charge in [-0.05, 0) is 37.8 Å². The number of aromatic nitrogens is 3. The molecule has 1 saturated carbocycles. The molecule has 37 heavy (non-hydrogen) atoms. The zero-order valence-corrected chi connectivity index (χ0v) is 21.1. The highest BCUT2D eigenvalue weighted by Gasteiger charge is 2.50. The zero-order valence-electron chi connectivity index (χ0n) is 20.3. The summed E-state index contributed by atoms with van der Waals surface area (Å²) in [5.41, 5.74) is -1.66. The van der Waals surface area contributed by atoms with Crippen molar-refractivity contribution < 1.29 is 23.5 Å². The highest BCUT2D eigenvalue weighted by molar-refractivity contribution is 7.14. The van der Waals surface area contributed by atoms with Gasteiger partial charge >= 0.3 is 0 Å². The first-order chi connectivity index (χ1) is 17.7. The van der Waals surface area contributed by atoms with Gasteiger partial charge in [0.15, 0.2) is 16.5 Å². The minimum Gasteiger partial charge on any atom is -0.502 e. The molecular weight excluding hydrogens is 504 g/mol. The minimum absolute atomic E-state index is 0.0178. The Morgan fingerprint density at radius 1 is 1.16 bits per heavy atom. The summed E-state index contributed by atoms with van der Waals surface area (Å²) in [4.78, 5) is 40.9. The molecular formula is C25H25F2N5O4S. The summed E-state index contributed by atoms with van der Waals surface area (Å²) in [5, 5.41) is 21.3. The molecule has 2 aliphatic rings. The highest BCUT2D eigenvalue weighted by atomic mass is 32.1. The molecule has 1 aliphatic carbocycles. The largest absolute Gasteiger partial charge is 0.502 e. The average molecular weight is 530 g/mol. The smallest absolute Gasteiger partial charge is 0.278 e. The van der Waals surface area contributed by atoms with E-state index >= 15 is 0 Å². The number of ketones is 1. The van der Waals surface area contributed by atoms with E-state index in [9.17, 15) is 28.3 Å². The lowest BCUT2D eigenvalue weighted by Crippen LogP contribution is -2.69. The van der Waals surface area contributed by atoms with Crippen LogP contribution in [0.2, 0.25) is 0 Å². The van der Waals surface area contributed by atoms with E-state index in [1.807, 2.05) is 0 Å². The molecule has 12 heteroatoms. The molecule has 1 unspecified atom stereocenters. The second-order valence-electron chi connectivity index (χ2n) is 9.31. The molecule has 1 atom stereocenters. The third-order valence-electron chi connectivity index (χ3n) is 7.17. The van der Waals surface area contributed by atoms with Gasteiger partial charge in [0.1, 0.15) is 28.1 Å². The third-order valence-corrected chi connectivity index (χ3v) is 8.13. The highest BCUT2D eigenvalue weighted by Crippen LogP contribution is 2.39. The summed E-state index contributed by atoms with van der Waals surface area (Å²) < 4.78 is 28.8. The number of hydrogen-bond acceptors (Lipinski definition) is 8. The van der Waals surface area contributed by atoms with Crippen molar-refractivity contribution >= 4 is 23.0 Å². The number of rotatable bonds is 4. The van der Waals surface area contributed by atoms with Crippen LogP contribution in [0.4, 0.5) is 8.78 Å². The topological polar surface area (TPSA) is 109 Å². The van der Waals surface area contributed by atoms with E-state index < -0.39 is 34.4 Å². The van der Waals surface area contributed by atoms with Crippen molar-refractivity contribution in [3.05, 3.63) is 62.5 Å². The van der Waals surface area contributed by atoms with Gasteiger partial charge in [0.25, 0.3) is 5.91 Å². The summed E-state index contributed by atoms with van der Waals surface area (Å²) in [6, 6.07) is 3.25. The van der Waals surface area contributed by atoms with Crippen LogP contribution in [0.25, 0.3) is 10.6 Å². The van der Waals surface area contributed by atoms with Crippen molar-refractivity contribution in [2.24, 2.45) is 0 Å². The minimum atomic E-state index is -0.933. The number of carbonyl (C=O) groups excluding carboxylic acids is 2. The first kappa shape index (κ1) is 25.0. The molecule has 1 amide bonds. The summed E-state index contributed by atoms with van der Waals surface area (Å²) in [6.45, 7) is 2.10. The van der Waals surface area contributed by atoms with Crippen LogP contribution in [0.5, 0.6) is 5.75 Å². The van der Waals surface area contributed by atoms with Gasteiger partial charge in [-0.25, -0.2) is 8.78 Å². The van der Waals surface area contributed by atoms with Crippen LogP contribution in [-0.2, 0) is 11.2 Å². The van der Waals surface area contributed by atoms with Crippen LogP contribution in [-0.4, -0.2) is 55.8 Å². The van der Waals surface area contributed by atoms with Crippen molar-refractivity contribution in [1.29, 1.82) is 0 Å². The quantitative estimate of drug-likeness (QED) is 0.553. The van der Waals surface area contributed by atoms with Gasteiger partial charge in [-0.15, -0.1) is 10.2 Å². The number of benzene rings is 1. The SMILES string of the molecule is CCN1C(=O)c2c(O)c(=O)c(-c3nnc(Cc4ccc(F)cc4F)s3)cn2N(C)C12CCCCC(=O)C2. The van der Waals surface area contributed by atoms with E-state index in [2.05, 4.69) is 10.2 Å². The summed E-state index contributed by atoms with van der Waals surface area (Å²) >= 11 is 1.03. The maximum Gasteiger partial charge on any atom is 0.278 e. The molecule has 1 fully saturated rings. The monoisotopic (exact) mass is 529 g/mol. The molecule has 9 nitrogen and oxygen atoms in total. The Balaban J connectivity index is 1.58. The van der Waals surface area contributed by atoms with E-state index in [1.54, 1.807) is 23.9 Å². The Morgan fingerprint density at radius 3 is 2.68 bits per heavy atom. The lowest BCUT2D eigenvalue weighted by molar-refractivity contribution is -0.121. The molecule has 1 N–H and O–H groups in total. The number of halogens is 2. The fourth-order valence-electron chi connectivity index (χ4n) is 5.30. The number of pyridine rings is 1. The molecule has 3 aromatic rings. The van der Waals surface area contributed by atoms with E-state index in [4.69, 9.17) is 0 Å². The van der Waals surface area contributed by atoms with Crippen LogP contribution in [0, 0.1) is 11.6 Å². The average Bonchev–Trinajstić information content (AvgIpc) is 3.23. The molecule has 2 aromatic heterocycles. The second kappa shape index (κ2) is 9.33. The fraction of sp³-hybridized carbons (Fsp3) is 0.400. The van der Waals surface area contributed by atoms with E-state index in [0.29, 0.717) is 24.4 Å². The lowest BCUT2D eigenvalue weighted by atomic mass is 9.94. The van der Waals surface area contributed by atoms with Crippen molar-refractivity contribution in [1.82, 2.24) is 19.8 Å². The summed E-state index contributed by atoms with van der Waals surface area (Å²) in [7, 11) is 1.73. The fourth-order valence-corrected chi connectivity index (χ4v) is 6.17. The Morgan fingerprint density at radius 2 is 1.95 bits per heavy atom. The van der Waals surface area contributed by atoms with Gasteiger partial charge < -0.3 is 10.0 Å². The van der Waals surface area contributed by atoms with Gasteiger partial charge in [0.2, 0.25) is 5.43 Å². The second-order valence-corrected chi connectivity index (χ2v) is 10.4. The normalized spacial score (nSPS) is 19.9. The van der Waals surface area contributed by atoms with Crippen LogP contribution in [0.1, 0.15) is 60.1 Å². The van der Waals surface area contributed by atoms with Crippen LogP contribution in [0.3, 0.4) is 0 Å². The van der Waals surface area contributed by atoms with Crippen LogP contribution in [0.15, 0.2) is 29.2 Å². The number of carbonyl (C=O) groups is 2. The van der Waals surface area contributed by atoms with E-state index in [0.717, 1.165) is 36.3 Å². The van der Waals surface area contributed by atoms with Crippen LogP contribution < -0.4 is 10.4 Å². The molecule has 1 spiro atoms. The number of amides is 1. The predicted molar refractivity (Wildman–Crippen MR) is 132 cm³/mol. The van der Waals surface area contributed by atoms with Crippen LogP contribution >= 0.6 is 11.3 Å². The van der Waals surface area contributed by atoms with Gasteiger partial charge in [-0.2, -0.15) is 0 Å². The number of aromatic hydroxyl groups is 1. The molecule has 1 aromatic carbocycles.